The Balaban J connectivity index is 1.74. The van der Waals surface area contributed by atoms with Gasteiger partial charge in [0.05, 0.1) is 33.0 Å². The van der Waals surface area contributed by atoms with Gasteiger partial charge in [-0.2, -0.15) is 5.10 Å². The first-order valence-electron chi connectivity index (χ1n) is 8.49. The highest BCUT2D eigenvalue weighted by molar-refractivity contribution is 9.10. The van der Waals surface area contributed by atoms with Crippen LogP contribution in [0.15, 0.2) is 29.3 Å². The minimum Gasteiger partial charge on any atom is -0.368 e. The molecule has 4 heterocycles. The van der Waals surface area contributed by atoms with E-state index in [1.807, 2.05) is 0 Å². The lowest BCUT2D eigenvalue weighted by molar-refractivity contribution is 0.102. The third-order valence-corrected chi connectivity index (χ3v) is 5.20. The van der Waals surface area contributed by atoms with Crippen molar-refractivity contribution in [3.63, 3.8) is 0 Å². The number of halogens is 1. The fourth-order valence-corrected chi connectivity index (χ4v) is 3.96. The van der Waals surface area contributed by atoms with Crippen molar-refractivity contribution < 1.29 is 4.79 Å². The molecule has 3 aromatic heterocycles. The lowest BCUT2D eigenvalue weighted by atomic mass is 10.1. The summed E-state index contributed by atoms with van der Waals surface area (Å²) in [7, 11) is 1.78. The summed E-state index contributed by atoms with van der Waals surface area (Å²) in [5, 5.41) is 7.90. The van der Waals surface area contributed by atoms with Crippen molar-refractivity contribution in [1.82, 2.24) is 19.7 Å². The molecule has 26 heavy (non-hydrogen) atoms. The highest BCUT2D eigenvalue weighted by Gasteiger charge is 2.24. The molecule has 4 N–H and O–H groups in total. The maximum absolute atomic E-state index is 12.5. The van der Waals surface area contributed by atoms with Crippen LogP contribution in [0.1, 0.15) is 23.2 Å². The number of aromatic amines is 1. The molecule has 8 nitrogen and oxygen atoms in total. The Hall–Kier alpha value is -2.39. The maximum Gasteiger partial charge on any atom is 0.258 e. The van der Waals surface area contributed by atoms with Crippen LogP contribution in [0.5, 0.6) is 0 Å². The van der Waals surface area contributed by atoms with E-state index in [0.717, 1.165) is 47.1 Å². The van der Waals surface area contributed by atoms with Gasteiger partial charge in [-0.1, -0.05) is 0 Å². The fraction of sp³-hybridized carbons (Fsp3) is 0.353. The number of aromatic nitrogens is 4. The van der Waals surface area contributed by atoms with Gasteiger partial charge in [0.1, 0.15) is 5.65 Å². The zero-order valence-corrected chi connectivity index (χ0v) is 16.0. The molecule has 0 aliphatic carbocycles. The van der Waals surface area contributed by atoms with Crippen LogP contribution < -0.4 is 16.0 Å². The van der Waals surface area contributed by atoms with E-state index < -0.39 is 0 Å². The Morgan fingerprint density at radius 1 is 1.46 bits per heavy atom. The maximum atomic E-state index is 12.5. The molecule has 0 saturated carbocycles. The van der Waals surface area contributed by atoms with Gasteiger partial charge in [0.2, 0.25) is 0 Å². The van der Waals surface area contributed by atoms with Gasteiger partial charge in [-0.25, -0.2) is 4.98 Å². The number of carbonyl (C=O) groups excluding carboxylic acids is 1. The Morgan fingerprint density at radius 3 is 3.04 bits per heavy atom. The number of pyridine rings is 1. The van der Waals surface area contributed by atoms with E-state index in [1.165, 1.54) is 0 Å². The highest BCUT2D eigenvalue weighted by Crippen LogP contribution is 2.38. The SMILES string of the molecule is Cn1cc(C(=O)Nc2c[nH]c3ncc(Br)c(N4CCC[C@@H](N)C4)c23)cn1. The predicted molar refractivity (Wildman–Crippen MR) is 104 cm³/mol. The molecule has 1 fully saturated rings. The molecular weight excluding hydrogens is 398 g/mol. The van der Waals surface area contributed by atoms with Crippen LogP contribution in [-0.2, 0) is 7.05 Å². The van der Waals surface area contributed by atoms with E-state index in [4.69, 9.17) is 5.73 Å². The van der Waals surface area contributed by atoms with Crippen LogP contribution in [-0.4, -0.2) is 44.8 Å². The summed E-state index contributed by atoms with van der Waals surface area (Å²) in [4.78, 5) is 22.4. The summed E-state index contributed by atoms with van der Waals surface area (Å²) in [5.74, 6) is -0.208. The van der Waals surface area contributed by atoms with E-state index in [-0.39, 0.29) is 11.9 Å². The first-order chi connectivity index (χ1) is 12.5. The Morgan fingerprint density at radius 2 is 2.31 bits per heavy atom. The number of amides is 1. The van der Waals surface area contributed by atoms with Crippen LogP contribution in [0.25, 0.3) is 11.0 Å². The first-order valence-corrected chi connectivity index (χ1v) is 9.28. The number of anilines is 2. The molecule has 9 heteroatoms. The monoisotopic (exact) mass is 417 g/mol. The van der Waals surface area contributed by atoms with E-state index in [0.29, 0.717) is 11.3 Å². The molecule has 1 aliphatic heterocycles. The van der Waals surface area contributed by atoms with Crippen LogP contribution >= 0.6 is 15.9 Å². The number of nitrogens with one attached hydrogen (secondary N) is 2. The molecule has 136 valence electrons. The second-order valence-electron chi connectivity index (χ2n) is 6.59. The van der Waals surface area contributed by atoms with Crippen molar-refractivity contribution in [2.45, 2.75) is 18.9 Å². The van der Waals surface area contributed by atoms with Gasteiger partial charge in [0, 0.05) is 44.8 Å². The van der Waals surface area contributed by atoms with Crippen molar-refractivity contribution in [2.24, 2.45) is 12.8 Å². The predicted octanol–water partition coefficient (Wildman–Crippen LogP) is 2.24. The standard InChI is InChI=1S/C17H20BrN7O/c1-24-8-10(5-22-24)17(26)23-13-7-21-16-14(13)15(12(18)6-20-16)25-4-2-3-11(19)9-25/h5-8,11H,2-4,9,19H2,1H3,(H,20,21)(H,23,26)/t11-/m1/s1. The van der Waals surface area contributed by atoms with Crippen molar-refractivity contribution in [1.29, 1.82) is 0 Å². The van der Waals surface area contributed by atoms with Gasteiger partial charge in [0.25, 0.3) is 5.91 Å². The molecule has 0 spiro atoms. The number of aryl methyl sites for hydroxylation is 1. The Bertz CT molecular complexity index is 963. The topological polar surface area (TPSA) is 105 Å². The molecule has 0 unspecified atom stereocenters. The third kappa shape index (κ3) is 3.08. The lowest BCUT2D eigenvalue weighted by Crippen LogP contribution is -2.43. The average Bonchev–Trinajstić information content (AvgIpc) is 3.22. The van der Waals surface area contributed by atoms with Crippen molar-refractivity contribution in [3.05, 3.63) is 34.8 Å². The number of H-pyrrole nitrogens is 1. The van der Waals surface area contributed by atoms with Crippen LogP contribution in [0.2, 0.25) is 0 Å². The quantitative estimate of drug-likeness (QED) is 0.605. The minimum absolute atomic E-state index is 0.145. The second-order valence-corrected chi connectivity index (χ2v) is 7.44. The van der Waals surface area contributed by atoms with Crippen LogP contribution in [0, 0.1) is 0 Å². The largest absolute Gasteiger partial charge is 0.368 e. The molecule has 4 rings (SSSR count). The van der Waals surface area contributed by atoms with Gasteiger partial charge >= 0.3 is 0 Å². The summed E-state index contributed by atoms with van der Waals surface area (Å²) < 4.78 is 2.48. The fourth-order valence-electron chi connectivity index (χ4n) is 3.41. The summed E-state index contributed by atoms with van der Waals surface area (Å²) >= 11 is 3.62. The van der Waals surface area contributed by atoms with Crippen molar-refractivity contribution in [3.8, 4) is 0 Å². The molecule has 3 aromatic rings. The highest BCUT2D eigenvalue weighted by atomic mass is 79.9. The van der Waals surface area contributed by atoms with Gasteiger partial charge in [-0.05, 0) is 28.8 Å². The number of hydrogen-bond donors (Lipinski definition) is 3. The third-order valence-electron chi connectivity index (χ3n) is 4.62. The van der Waals surface area contributed by atoms with E-state index in [1.54, 1.807) is 36.5 Å². The number of carbonyl (C=O) groups is 1. The summed E-state index contributed by atoms with van der Waals surface area (Å²) in [5.41, 5.74) is 9.10. The molecule has 1 aliphatic rings. The summed E-state index contributed by atoms with van der Waals surface area (Å²) in [6.07, 6.45) is 8.85. The minimum atomic E-state index is -0.208. The van der Waals surface area contributed by atoms with Gasteiger partial charge in [0.15, 0.2) is 0 Å². The van der Waals surface area contributed by atoms with Gasteiger partial charge in [-0.3, -0.25) is 9.48 Å². The smallest absolute Gasteiger partial charge is 0.258 e. The second kappa shape index (κ2) is 6.73. The lowest BCUT2D eigenvalue weighted by Gasteiger charge is -2.33. The van der Waals surface area contributed by atoms with E-state index in [2.05, 4.69) is 41.2 Å². The van der Waals surface area contributed by atoms with Crippen LogP contribution in [0.3, 0.4) is 0 Å². The molecular formula is C17H20BrN7O. The number of hydrogen-bond acceptors (Lipinski definition) is 5. The zero-order valence-electron chi connectivity index (χ0n) is 14.4. The summed E-state index contributed by atoms with van der Waals surface area (Å²) in [6, 6.07) is 0.145. The normalized spacial score (nSPS) is 17.7. The molecule has 0 aromatic carbocycles. The van der Waals surface area contributed by atoms with Gasteiger partial charge < -0.3 is 20.9 Å². The number of nitrogens with two attached hydrogens (primary N) is 1. The number of piperidine rings is 1. The number of fused-ring (bicyclic) bond motifs is 1. The van der Waals surface area contributed by atoms with Gasteiger partial charge in [-0.15, -0.1) is 0 Å². The van der Waals surface area contributed by atoms with Crippen molar-refractivity contribution >= 4 is 44.2 Å². The molecule has 0 radical (unpaired) electrons. The first kappa shape index (κ1) is 17.0. The summed E-state index contributed by atoms with van der Waals surface area (Å²) in [6.45, 7) is 1.70. The Labute approximate surface area is 158 Å². The Kier molecular flexibility index (Phi) is 4.41. The zero-order chi connectivity index (χ0) is 18.3. The molecule has 1 amide bonds. The van der Waals surface area contributed by atoms with Crippen LogP contribution in [0.4, 0.5) is 11.4 Å². The van der Waals surface area contributed by atoms with E-state index in [9.17, 15) is 4.79 Å². The number of nitrogens with zero attached hydrogens (tertiary/aromatic N) is 4. The average molecular weight is 418 g/mol. The molecule has 1 saturated heterocycles. The van der Waals surface area contributed by atoms with E-state index >= 15 is 0 Å². The number of rotatable bonds is 3. The van der Waals surface area contributed by atoms with Crippen molar-refractivity contribution in [2.75, 3.05) is 23.3 Å². The molecule has 0 bridgehead atoms. The molecule has 1 atom stereocenters.